The van der Waals surface area contributed by atoms with Crippen molar-refractivity contribution in [3.05, 3.63) is 0 Å². The number of ether oxygens (including phenoxy) is 1. The molecule has 0 heterocycles. The number of carbonyl (C=O) groups is 2. The molecule has 18 heavy (non-hydrogen) atoms. The second kappa shape index (κ2) is 5.72. The minimum atomic E-state index is -0.803. The van der Waals surface area contributed by atoms with Gasteiger partial charge in [0.25, 0.3) is 0 Å². The lowest BCUT2D eigenvalue weighted by molar-refractivity contribution is -0.115. The molecule has 1 amide bonds. The summed E-state index contributed by atoms with van der Waals surface area (Å²) >= 11 is 0. The van der Waals surface area contributed by atoms with E-state index in [0.717, 1.165) is 32.0 Å². The Labute approximate surface area is 109 Å². The Kier molecular flexibility index (Phi) is 4.77. The topological polar surface area (TPSA) is 55.4 Å². The summed E-state index contributed by atoms with van der Waals surface area (Å²) in [4.78, 5) is 23.1. The van der Waals surface area contributed by atoms with Crippen molar-refractivity contribution < 1.29 is 14.3 Å². The highest BCUT2D eigenvalue weighted by Gasteiger charge is 2.37. The fraction of sp³-hybridized carbons (Fsp3) is 0.857. The highest BCUT2D eigenvalue weighted by Crippen LogP contribution is 2.31. The third-order valence-electron chi connectivity index (χ3n) is 3.47. The molecule has 1 saturated carbocycles. The van der Waals surface area contributed by atoms with Gasteiger partial charge in [-0.2, -0.15) is 0 Å². The first-order chi connectivity index (χ1) is 8.27. The lowest BCUT2D eigenvalue weighted by Gasteiger charge is -2.36. The van der Waals surface area contributed by atoms with Crippen LogP contribution in [-0.2, 0) is 9.53 Å². The van der Waals surface area contributed by atoms with E-state index in [9.17, 15) is 9.59 Å². The Hall–Kier alpha value is -1.06. The summed E-state index contributed by atoms with van der Waals surface area (Å²) in [6.45, 7) is 7.22. The summed E-state index contributed by atoms with van der Waals surface area (Å²) in [7, 11) is 0. The zero-order chi connectivity index (χ0) is 13.8. The molecule has 0 spiro atoms. The number of rotatable bonds is 3. The lowest BCUT2D eigenvalue weighted by atomic mass is 9.76. The Morgan fingerprint density at radius 3 is 2.17 bits per heavy atom. The first-order valence-electron chi connectivity index (χ1n) is 6.74. The number of nitrogens with one attached hydrogen (secondary N) is 1. The van der Waals surface area contributed by atoms with Gasteiger partial charge in [0.1, 0.15) is 11.9 Å². The van der Waals surface area contributed by atoms with E-state index in [-0.39, 0.29) is 5.92 Å². The quantitative estimate of drug-likeness (QED) is 0.789. The van der Waals surface area contributed by atoms with Gasteiger partial charge in [0.15, 0.2) is 0 Å². The Bertz CT molecular complexity index is 303. The SMILES string of the molecule is CC(C)(C)OC(=O)NC(C)(C=O)C1CCCCC1. The fourth-order valence-corrected chi connectivity index (χ4v) is 2.45. The van der Waals surface area contributed by atoms with Crippen LogP contribution in [0.5, 0.6) is 0 Å². The van der Waals surface area contributed by atoms with Crippen molar-refractivity contribution in [2.45, 2.75) is 70.9 Å². The molecule has 0 aliphatic heterocycles. The van der Waals surface area contributed by atoms with Crippen molar-refractivity contribution in [2.75, 3.05) is 0 Å². The first kappa shape index (κ1) is 15.0. The van der Waals surface area contributed by atoms with Crippen molar-refractivity contribution in [2.24, 2.45) is 5.92 Å². The molecular weight excluding hydrogens is 230 g/mol. The maximum Gasteiger partial charge on any atom is 0.408 e. The predicted molar refractivity (Wildman–Crippen MR) is 70.4 cm³/mol. The van der Waals surface area contributed by atoms with Gasteiger partial charge in [-0.15, -0.1) is 0 Å². The van der Waals surface area contributed by atoms with Gasteiger partial charge in [0.2, 0.25) is 0 Å². The van der Waals surface area contributed by atoms with Gasteiger partial charge >= 0.3 is 6.09 Å². The second-order valence-electron chi connectivity index (χ2n) is 6.36. The van der Waals surface area contributed by atoms with Crippen molar-refractivity contribution in [3.63, 3.8) is 0 Å². The third-order valence-corrected chi connectivity index (χ3v) is 3.47. The third kappa shape index (κ3) is 4.31. The molecule has 1 atom stereocenters. The molecule has 104 valence electrons. The van der Waals surface area contributed by atoms with Crippen LogP contribution in [0.2, 0.25) is 0 Å². The molecular formula is C14H25NO3. The molecule has 1 unspecified atom stereocenters. The molecule has 0 aromatic rings. The number of hydrogen-bond donors (Lipinski definition) is 1. The molecule has 4 nitrogen and oxygen atoms in total. The van der Waals surface area contributed by atoms with Gasteiger partial charge in [0.05, 0.1) is 5.54 Å². The summed E-state index contributed by atoms with van der Waals surface area (Å²) in [6, 6.07) is 0. The van der Waals surface area contributed by atoms with Crippen LogP contribution in [0.15, 0.2) is 0 Å². The molecule has 0 radical (unpaired) electrons. The fourth-order valence-electron chi connectivity index (χ4n) is 2.45. The summed E-state index contributed by atoms with van der Waals surface area (Å²) < 4.78 is 5.22. The van der Waals surface area contributed by atoms with Gasteiger partial charge in [-0.3, -0.25) is 0 Å². The molecule has 1 rings (SSSR count). The number of aldehydes is 1. The lowest BCUT2D eigenvalue weighted by Crippen LogP contribution is -2.54. The Balaban J connectivity index is 2.64. The second-order valence-corrected chi connectivity index (χ2v) is 6.36. The zero-order valence-corrected chi connectivity index (χ0v) is 11.9. The van der Waals surface area contributed by atoms with Crippen LogP contribution in [0.25, 0.3) is 0 Å². The van der Waals surface area contributed by atoms with E-state index in [1.165, 1.54) is 6.42 Å². The maximum absolute atomic E-state index is 11.8. The van der Waals surface area contributed by atoms with E-state index in [0.29, 0.717) is 0 Å². The van der Waals surface area contributed by atoms with Gasteiger partial charge < -0.3 is 14.8 Å². The summed E-state index contributed by atoms with van der Waals surface area (Å²) in [5.41, 5.74) is -1.34. The van der Waals surface area contributed by atoms with Crippen LogP contribution in [0, 0.1) is 5.92 Å². The molecule has 4 heteroatoms. The van der Waals surface area contributed by atoms with Gasteiger partial charge in [-0.25, -0.2) is 4.79 Å². The smallest absolute Gasteiger partial charge is 0.408 e. The van der Waals surface area contributed by atoms with Gasteiger partial charge in [-0.1, -0.05) is 19.3 Å². The Morgan fingerprint density at radius 1 is 1.17 bits per heavy atom. The number of hydrogen-bond acceptors (Lipinski definition) is 3. The molecule has 1 aliphatic rings. The summed E-state index contributed by atoms with van der Waals surface area (Å²) in [6.07, 6.45) is 5.80. The van der Waals surface area contributed by atoms with E-state index in [4.69, 9.17) is 4.74 Å². The molecule has 0 aromatic carbocycles. The monoisotopic (exact) mass is 255 g/mol. The average molecular weight is 255 g/mol. The van der Waals surface area contributed by atoms with Crippen LogP contribution < -0.4 is 5.32 Å². The highest BCUT2D eigenvalue weighted by molar-refractivity contribution is 5.76. The van der Waals surface area contributed by atoms with Gasteiger partial charge in [0, 0.05) is 0 Å². The summed E-state index contributed by atoms with van der Waals surface area (Å²) in [5.74, 6) is 0.219. The van der Waals surface area contributed by atoms with Crippen molar-refractivity contribution in [1.29, 1.82) is 0 Å². The Morgan fingerprint density at radius 2 is 1.72 bits per heavy atom. The van der Waals surface area contributed by atoms with E-state index in [1.54, 1.807) is 6.92 Å². The van der Waals surface area contributed by atoms with Crippen LogP contribution >= 0.6 is 0 Å². The molecule has 1 fully saturated rings. The van der Waals surface area contributed by atoms with Crippen LogP contribution in [0.3, 0.4) is 0 Å². The van der Waals surface area contributed by atoms with E-state index in [2.05, 4.69) is 5.32 Å². The molecule has 0 saturated heterocycles. The van der Waals surface area contributed by atoms with E-state index >= 15 is 0 Å². The minimum Gasteiger partial charge on any atom is -0.444 e. The number of carbonyl (C=O) groups excluding carboxylic acids is 2. The van der Waals surface area contributed by atoms with Crippen LogP contribution in [0.1, 0.15) is 59.8 Å². The van der Waals surface area contributed by atoms with Crippen molar-refractivity contribution >= 4 is 12.4 Å². The average Bonchev–Trinajstić information content (AvgIpc) is 2.27. The largest absolute Gasteiger partial charge is 0.444 e. The highest BCUT2D eigenvalue weighted by atomic mass is 16.6. The van der Waals surface area contributed by atoms with Crippen LogP contribution in [-0.4, -0.2) is 23.5 Å². The maximum atomic E-state index is 11.8. The number of amides is 1. The molecule has 1 N–H and O–H groups in total. The standard InChI is InChI=1S/C14H25NO3/c1-13(2,3)18-12(17)15-14(4,10-16)11-8-6-5-7-9-11/h10-11H,5-9H2,1-4H3,(H,15,17). The van der Waals surface area contributed by atoms with Crippen molar-refractivity contribution in [3.8, 4) is 0 Å². The van der Waals surface area contributed by atoms with Crippen LogP contribution in [0.4, 0.5) is 4.79 Å². The normalized spacial score (nSPS) is 20.9. The summed E-state index contributed by atoms with van der Waals surface area (Å²) in [5, 5.41) is 2.74. The predicted octanol–water partition coefficient (Wildman–Crippen LogP) is 3.05. The molecule has 1 aliphatic carbocycles. The van der Waals surface area contributed by atoms with Gasteiger partial charge in [-0.05, 0) is 46.5 Å². The molecule has 0 aromatic heterocycles. The van der Waals surface area contributed by atoms with E-state index < -0.39 is 17.2 Å². The number of alkyl carbamates (subject to hydrolysis) is 1. The zero-order valence-electron chi connectivity index (χ0n) is 11.9. The molecule has 0 bridgehead atoms. The minimum absolute atomic E-state index is 0.219. The first-order valence-corrected chi connectivity index (χ1v) is 6.74. The van der Waals surface area contributed by atoms with Crippen molar-refractivity contribution in [1.82, 2.24) is 5.32 Å². The van der Waals surface area contributed by atoms with E-state index in [1.807, 2.05) is 20.8 Å².